The summed E-state index contributed by atoms with van der Waals surface area (Å²) in [6.07, 6.45) is 0. The van der Waals surface area contributed by atoms with Crippen LogP contribution in [0.4, 0.5) is 4.39 Å². The number of carbonyl (C=O) groups excluding carboxylic acids is 1. The fraction of sp³-hybridized carbons (Fsp3) is 0.0833. The number of hydrogen-bond acceptors (Lipinski definition) is 2. The molecular weight excluding hydrogens is 401 g/mol. The van der Waals surface area contributed by atoms with E-state index in [0.29, 0.717) is 27.7 Å². The van der Waals surface area contributed by atoms with E-state index in [2.05, 4.69) is 10.4 Å². The number of nitrogens with zero attached hydrogens (tertiary/aromatic N) is 2. The zero-order valence-electron chi connectivity index (χ0n) is 16.2. The molecule has 0 aliphatic carbocycles. The summed E-state index contributed by atoms with van der Waals surface area (Å²) >= 11 is 6.33. The smallest absolute Gasteiger partial charge is 0.270 e. The average molecular weight is 420 g/mol. The van der Waals surface area contributed by atoms with Crippen molar-refractivity contribution < 1.29 is 9.18 Å². The molecule has 4 nitrogen and oxygen atoms in total. The van der Waals surface area contributed by atoms with E-state index in [4.69, 9.17) is 11.6 Å². The maximum Gasteiger partial charge on any atom is 0.270 e. The summed E-state index contributed by atoms with van der Waals surface area (Å²) < 4.78 is 14.9. The highest BCUT2D eigenvalue weighted by Gasteiger charge is 2.20. The average Bonchev–Trinajstić information content (AvgIpc) is 3.20. The van der Waals surface area contributed by atoms with Crippen LogP contribution in [0.25, 0.3) is 16.9 Å². The second-order valence-corrected chi connectivity index (χ2v) is 7.30. The van der Waals surface area contributed by atoms with E-state index in [9.17, 15) is 9.18 Å². The van der Waals surface area contributed by atoms with Crippen molar-refractivity contribution in [2.75, 3.05) is 0 Å². The number of halogens is 2. The van der Waals surface area contributed by atoms with Crippen molar-refractivity contribution in [2.24, 2.45) is 0 Å². The molecule has 1 unspecified atom stereocenters. The van der Waals surface area contributed by atoms with Crippen LogP contribution in [0.3, 0.4) is 0 Å². The fourth-order valence-electron chi connectivity index (χ4n) is 3.22. The zero-order chi connectivity index (χ0) is 21.1. The number of nitrogens with one attached hydrogen (secondary N) is 1. The summed E-state index contributed by atoms with van der Waals surface area (Å²) in [5.41, 5.74) is 3.17. The third-order valence-electron chi connectivity index (χ3n) is 4.81. The van der Waals surface area contributed by atoms with Gasteiger partial charge in [-0.05, 0) is 48.9 Å². The van der Waals surface area contributed by atoms with Gasteiger partial charge in [-0.15, -0.1) is 0 Å². The minimum atomic E-state index is -0.360. The van der Waals surface area contributed by atoms with Gasteiger partial charge in [-0.1, -0.05) is 60.1 Å². The van der Waals surface area contributed by atoms with E-state index in [1.165, 1.54) is 16.8 Å². The van der Waals surface area contributed by atoms with Crippen molar-refractivity contribution in [3.63, 3.8) is 0 Å². The van der Waals surface area contributed by atoms with E-state index in [1.54, 1.807) is 24.3 Å². The van der Waals surface area contributed by atoms with Gasteiger partial charge in [0, 0.05) is 5.56 Å². The second-order valence-electron chi connectivity index (χ2n) is 6.89. The largest absolute Gasteiger partial charge is 0.344 e. The van der Waals surface area contributed by atoms with E-state index in [1.807, 2.05) is 55.5 Å². The molecule has 0 aliphatic heterocycles. The molecule has 6 heteroatoms. The molecule has 0 saturated carbocycles. The maximum atomic E-state index is 13.4. The third kappa shape index (κ3) is 4.11. The van der Waals surface area contributed by atoms with E-state index < -0.39 is 0 Å². The SMILES string of the molecule is CC(NC(=O)c1cc(-c2ccccc2Cl)nn1-c1ccc(F)cc1)c1ccccc1. The van der Waals surface area contributed by atoms with Crippen LogP contribution in [0.15, 0.2) is 84.9 Å². The van der Waals surface area contributed by atoms with Crippen molar-refractivity contribution in [1.82, 2.24) is 15.1 Å². The molecule has 0 saturated heterocycles. The lowest BCUT2D eigenvalue weighted by atomic mass is 10.1. The Labute approximate surface area is 178 Å². The van der Waals surface area contributed by atoms with Crippen LogP contribution in [-0.2, 0) is 0 Å². The molecule has 1 heterocycles. The number of benzene rings is 3. The molecule has 0 radical (unpaired) electrons. The maximum absolute atomic E-state index is 13.4. The summed E-state index contributed by atoms with van der Waals surface area (Å²) in [4.78, 5) is 13.1. The molecule has 1 aromatic heterocycles. The van der Waals surface area contributed by atoms with Gasteiger partial charge in [0.1, 0.15) is 11.5 Å². The standard InChI is InChI=1S/C24H19ClFN3O/c1-16(17-7-3-2-4-8-17)27-24(30)23-15-22(20-9-5-6-10-21(20)25)28-29(23)19-13-11-18(26)12-14-19/h2-16H,1H3,(H,27,30). The molecule has 0 bridgehead atoms. The summed E-state index contributed by atoms with van der Waals surface area (Å²) in [5, 5.41) is 8.13. The predicted molar refractivity (Wildman–Crippen MR) is 116 cm³/mol. The topological polar surface area (TPSA) is 46.9 Å². The van der Waals surface area contributed by atoms with Gasteiger partial charge in [0.2, 0.25) is 0 Å². The molecule has 0 fully saturated rings. The van der Waals surface area contributed by atoms with Gasteiger partial charge in [-0.25, -0.2) is 9.07 Å². The first kappa shape index (κ1) is 19.9. The predicted octanol–water partition coefficient (Wildman–Crippen LogP) is 5.82. The number of carbonyl (C=O) groups is 1. The number of amides is 1. The molecule has 30 heavy (non-hydrogen) atoms. The van der Waals surface area contributed by atoms with Crippen molar-refractivity contribution in [3.8, 4) is 16.9 Å². The lowest BCUT2D eigenvalue weighted by Crippen LogP contribution is -2.28. The Morgan fingerprint density at radius 2 is 1.67 bits per heavy atom. The van der Waals surface area contributed by atoms with Gasteiger partial charge in [0.05, 0.1) is 22.4 Å². The van der Waals surface area contributed by atoms with Crippen molar-refractivity contribution in [3.05, 3.63) is 107 Å². The highest BCUT2D eigenvalue weighted by molar-refractivity contribution is 6.33. The summed E-state index contributed by atoms with van der Waals surface area (Å²) in [5.74, 6) is -0.651. The van der Waals surface area contributed by atoms with Crippen molar-refractivity contribution in [1.29, 1.82) is 0 Å². The van der Waals surface area contributed by atoms with Crippen LogP contribution in [0, 0.1) is 5.82 Å². The van der Waals surface area contributed by atoms with Crippen LogP contribution < -0.4 is 5.32 Å². The lowest BCUT2D eigenvalue weighted by molar-refractivity contribution is 0.0932. The van der Waals surface area contributed by atoms with Crippen LogP contribution in [-0.4, -0.2) is 15.7 Å². The number of rotatable bonds is 5. The molecular formula is C24H19ClFN3O. The van der Waals surface area contributed by atoms with Gasteiger partial charge >= 0.3 is 0 Å². The van der Waals surface area contributed by atoms with Crippen LogP contribution in [0.2, 0.25) is 5.02 Å². The van der Waals surface area contributed by atoms with Gasteiger partial charge in [-0.3, -0.25) is 4.79 Å². The quantitative estimate of drug-likeness (QED) is 0.443. The Bertz CT molecular complexity index is 1170. The number of hydrogen-bond donors (Lipinski definition) is 1. The van der Waals surface area contributed by atoms with Gasteiger partial charge in [0.15, 0.2) is 0 Å². The summed E-state index contributed by atoms with van der Waals surface area (Å²) in [6.45, 7) is 1.92. The molecule has 4 rings (SSSR count). The first-order valence-electron chi connectivity index (χ1n) is 9.49. The van der Waals surface area contributed by atoms with Crippen LogP contribution >= 0.6 is 11.6 Å². The highest BCUT2D eigenvalue weighted by Crippen LogP contribution is 2.28. The minimum absolute atomic E-state index is 0.195. The third-order valence-corrected chi connectivity index (χ3v) is 5.14. The zero-order valence-corrected chi connectivity index (χ0v) is 17.0. The monoisotopic (exact) mass is 419 g/mol. The molecule has 1 N–H and O–H groups in total. The first-order valence-corrected chi connectivity index (χ1v) is 9.87. The van der Waals surface area contributed by atoms with Crippen LogP contribution in [0.1, 0.15) is 29.0 Å². The molecule has 0 aliphatic rings. The Hall–Kier alpha value is -3.44. The van der Waals surface area contributed by atoms with E-state index in [-0.39, 0.29) is 17.8 Å². The minimum Gasteiger partial charge on any atom is -0.344 e. The fourth-order valence-corrected chi connectivity index (χ4v) is 3.45. The molecule has 3 aromatic carbocycles. The second kappa shape index (κ2) is 8.51. The Balaban J connectivity index is 1.74. The van der Waals surface area contributed by atoms with Crippen LogP contribution in [0.5, 0.6) is 0 Å². The molecule has 150 valence electrons. The van der Waals surface area contributed by atoms with Crippen molar-refractivity contribution >= 4 is 17.5 Å². The van der Waals surface area contributed by atoms with Gasteiger partial charge in [-0.2, -0.15) is 5.10 Å². The molecule has 1 atom stereocenters. The number of aromatic nitrogens is 2. The van der Waals surface area contributed by atoms with E-state index in [0.717, 1.165) is 5.56 Å². The lowest BCUT2D eigenvalue weighted by Gasteiger charge is -2.15. The van der Waals surface area contributed by atoms with Gasteiger partial charge in [0.25, 0.3) is 5.91 Å². The Morgan fingerprint density at radius 1 is 1.00 bits per heavy atom. The molecule has 0 spiro atoms. The Morgan fingerprint density at radius 3 is 2.37 bits per heavy atom. The summed E-state index contributed by atoms with van der Waals surface area (Å²) in [7, 11) is 0. The van der Waals surface area contributed by atoms with Gasteiger partial charge < -0.3 is 5.32 Å². The highest BCUT2D eigenvalue weighted by atomic mass is 35.5. The normalized spacial score (nSPS) is 11.8. The summed E-state index contributed by atoms with van der Waals surface area (Å²) in [6, 6.07) is 24.3. The Kier molecular flexibility index (Phi) is 5.63. The van der Waals surface area contributed by atoms with E-state index >= 15 is 0 Å². The molecule has 4 aromatic rings. The van der Waals surface area contributed by atoms with Crippen molar-refractivity contribution in [2.45, 2.75) is 13.0 Å². The molecule has 1 amide bonds. The first-order chi connectivity index (χ1) is 14.5.